The van der Waals surface area contributed by atoms with Gasteiger partial charge in [0, 0.05) is 26.7 Å². The molecule has 3 saturated heterocycles. The van der Waals surface area contributed by atoms with Crippen LogP contribution in [0.4, 0.5) is 0 Å². The molecule has 3 fully saturated rings. The molecule has 7 nitrogen and oxygen atoms in total. The average Bonchev–Trinajstić information content (AvgIpc) is 3.13. The van der Waals surface area contributed by atoms with Gasteiger partial charge in [-0.2, -0.15) is 0 Å². The van der Waals surface area contributed by atoms with Gasteiger partial charge in [0.05, 0.1) is 24.5 Å². The summed E-state index contributed by atoms with van der Waals surface area (Å²) < 4.78 is 30.5. The van der Waals surface area contributed by atoms with Gasteiger partial charge in [0.2, 0.25) is 10.0 Å². The standard InChI is InChI=1S/C15H28N4O3S/c1-16-15(18-13-9-12-3-4-14(13)22-12)17-10-11-5-7-19(8-6-11)23(2,20)21/h11-14H,3-10H2,1-2H3,(H2,16,17,18). The fourth-order valence-electron chi connectivity index (χ4n) is 3.85. The first-order valence-electron chi connectivity index (χ1n) is 8.53. The molecule has 8 heteroatoms. The Kier molecular flexibility index (Phi) is 5.13. The summed E-state index contributed by atoms with van der Waals surface area (Å²) in [5, 5.41) is 6.87. The van der Waals surface area contributed by atoms with E-state index in [2.05, 4.69) is 15.6 Å². The Balaban J connectivity index is 1.41. The van der Waals surface area contributed by atoms with E-state index in [0.717, 1.165) is 38.2 Å². The number of nitrogens with zero attached hydrogens (tertiary/aromatic N) is 2. The molecule has 0 aromatic carbocycles. The number of sulfonamides is 1. The molecule has 3 aliphatic heterocycles. The first kappa shape index (κ1) is 17.0. The molecular weight excluding hydrogens is 316 g/mol. The van der Waals surface area contributed by atoms with Gasteiger partial charge in [0.1, 0.15) is 0 Å². The van der Waals surface area contributed by atoms with Gasteiger partial charge in [-0.3, -0.25) is 4.99 Å². The van der Waals surface area contributed by atoms with Crippen LogP contribution >= 0.6 is 0 Å². The third kappa shape index (κ3) is 4.16. The zero-order valence-corrected chi connectivity index (χ0v) is 14.8. The molecule has 2 bridgehead atoms. The normalized spacial score (nSPS) is 33.1. The smallest absolute Gasteiger partial charge is 0.211 e. The molecule has 132 valence electrons. The Morgan fingerprint density at radius 3 is 2.52 bits per heavy atom. The monoisotopic (exact) mass is 344 g/mol. The number of fused-ring (bicyclic) bond motifs is 2. The molecule has 23 heavy (non-hydrogen) atoms. The van der Waals surface area contributed by atoms with Crippen LogP contribution in [0, 0.1) is 5.92 Å². The van der Waals surface area contributed by atoms with Gasteiger partial charge in [0.25, 0.3) is 0 Å². The van der Waals surface area contributed by atoms with Gasteiger partial charge in [-0.1, -0.05) is 0 Å². The Bertz CT molecular complexity index is 543. The van der Waals surface area contributed by atoms with Gasteiger partial charge in [-0.05, 0) is 38.0 Å². The molecule has 0 saturated carbocycles. The van der Waals surface area contributed by atoms with Crippen molar-refractivity contribution < 1.29 is 13.2 Å². The number of hydrogen-bond donors (Lipinski definition) is 2. The van der Waals surface area contributed by atoms with Crippen LogP contribution in [0.2, 0.25) is 0 Å². The lowest BCUT2D eigenvalue weighted by atomic mass is 9.95. The van der Waals surface area contributed by atoms with Crippen molar-refractivity contribution in [3.63, 3.8) is 0 Å². The summed E-state index contributed by atoms with van der Waals surface area (Å²) in [7, 11) is -1.26. The van der Waals surface area contributed by atoms with Crippen LogP contribution < -0.4 is 10.6 Å². The fraction of sp³-hybridized carbons (Fsp3) is 0.933. The van der Waals surface area contributed by atoms with E-state index in [-0.39, 0.29) is 0 Å². The molecule has 3 atom stereocenters. The van der Waals surface area contributed by atoms with Crippen LogP contribution in [0.1, 0.15) is 32.1 Å². The molecule has 0 aliphatic carbocycles. The van der Waals surface area contributed by atoms with Crippen LogP contribution in [-0.4, -0.2) is 69.9 Å². The van der Waals surface area contributed by atoms with Crippen LogP contribution in [0.15, 0.2) is 4.99 Å². The molecule has 3 rings (SSSR count). The van der Waals surface area contributed by atoms with E-state index < -0.39 is 10.0 Å². The van der Waals surface area contributed by atoms with E-state index >= 15 is 0 Å². The molecule has 0 amide bonds. The van der Waals surface area contributed by atoms with E-state index in [0.29, 0.717) is 37.3 Å². The number of aliphatic imine (C=N–C) groups is 1. The summed E-state index contributed by atoms with van der Waals surface area (Å²) >= 11 is 0. The molecule has 3 heterocycles. The van der Waals surface area contributed by atoms with E-state index in [9.17, 15) is 8.42 Å². The second kappa shape index (κ2) is 6.94. The summed E-state index contributed by atoms with van der Waals surface area (Å²) in [6.45, 7) is 2.08. The quantitative estimate of drug-likeness (QED) is 0.560. The van der Waals surface area contributed by atoms with Crippen molar-refractivity contribution in [2.45, 2.75) is 50.4 Å². The summed E-state index contributed by atoms with van der Waals surface area (Å²) in [6, 6.07) is 0.368. The zero-order valence-electron chi connectivity index (χ0n) is 14.0. The maximum atomic E-state index is 11.5. The van der Waals surface area contributed by atoms with Crippen LogP contribution in [0.5, 0.6) is 0 Å². The second-order valence-corrected chi connectivity index (χ2v) is 8.90. The predicted molar refractivity (Wildman–Crippen MR) is 89.9 cm³/mol. The number of guanidine groups is 1. The highest BCUT2D eigenvalue weighted by atomic mass is 32.2. The van der Waals surface area contributed by atoms with Crippen molar-refractivity contribution in [2.75, 3.05) is 32.9 Å². The highest BCUT2D eigenvalue weighted by molar-refractivity contribution is 7.88. The van der Waals surface area contributed by atoms with Crippen LogP contribution in [0.3, 0.4) is 0 Å². The molecule has 0 aromatic rings. The zero-order chi connectivity index (χ0) is 16.4. The van der Waals surface area contributed by atoms with Crippen molar-refractivity contribution in [3.05, 3.63) is 0 Å². The summed E-state index contributed by atoms with van der Waals surface area (Å²) in [5.74, 6) is 1.32. The Morgan fingerprint density at radius 1 is 1.26 bits per heavy atom. The topological polar surface area (TPSA) is 83.0 Å². The fourth-order valence-corrected chi connectivity index (χ4v) is 4.72. The minimum atomic E-state index is -3.04. The first-order valence-corrected chi connectivity index (χ1v) is 10.4. The van der Waals surface area contributed by atoms with Crippen molar-refractivity contribution >= 4 is 16.0 Å². The lowest BCUT2D eigenvalue weighted by Gasteiger charge is -2.31. The number of ether oxygens (including phenoxy) is 1. The molecule has 0 aromatic heterocycles. The Morgan fingerprint density at radius 2 is 2.00 bits per heavy atom. The average molecular weight is 344 g/mol. The van der Waals surface area contributed by atoms with Gasteiger partial charge in [-0.25, -0.2) is 12.7 Å². The van der Waals surface area contributed by atoms with Crippen molar-refractivity contribution in [1.82, 2.24) is 14.9 Å². The highest BCUT2D eigenvalue weighted by Gasteiger charge is 2.41. The van der Waals surface area contributed by atoms with Crippen molar-refractivity contribution in [1.29, 1.82) is 0 Å². The molecular formula is C15H28N4O3S. The number of piperidine rings is 1. The number of nitrogens with one attached hydrogen (secondary N) is 2. The SMILES string of the molecule is CN=C(NCC1CCN(S(C)(=O)=O)CC1)NC1CC2CCC1O2. The van der Waals surface area contributed by atoms with Gasteiger partial charge >= 0.3 is 0 Å². The first-order chi connectivity index (χ1) is 11.0. The third-order valence-electron chi connectivity index (χ3n) is 5.25. The van der Waals surface area contributed by atoms with Gasteiger partial charge in [0.15, 0.2) is 5.96 Å². The summed E-state index contributed by atoms with van der Waals surface area (Å²) in [6.07, 6.45) is 7.24. The Hall–Kier alpha value is -0.860. The lowest BCUT2D eigenvalue weighted by Crippen LogP contribution is -2.49. The maximum absolute atomic E-state index is 11.5. The molecule has 0 radical (unpaired) electrons. The number of hydrogen-bond acceptors (Lipinski definition) is 4. The molecule has 3 aliphatic rings. The minimum absolute atomic E-state index is 0.330. The van der Waals surface area contributed by atoms with Gasteiger partial charge in [-0.15, -0.1) is 0 Å². The molecule has 3 unspecified atom stereocenters. The summed E-state index contributed by atoms with van der Waals surface area (Å²) in [5.41, 5.74) is 0. The van der Waals surface area contributed by atoms with Crippen LogP contribution in [-0.2, 0) is 14.8 Å². The molecule has 2 N–H and O–H groups in total. The number of rotatable bonds is 4. The predicted octanol–water partition coefficient (Wildman–Crippen LogP) is 0.143. The van der Waals surface area contributed by atoms with Crippen molar-refractivity contribution in [3.8, 4) is 0 Å². The largest absolute Gasteiger partial charge is 0.373 e. The Labute approximate surface area is 138 Å². The van der Waals surface area contributed by atoms with Gasteiger partial charge < -0.3 is 15.4 Å². The van der Waals surface area contributed by atoms with E-state index in [1.807, 2.05) is 0 Å². The lowest BCUT2D eigenvalue weighted by molar-refractivity contribution is 0.0992. The van der Waals surface area contributed by atoms with E-state index in [1.165, 1.54) is 12.7 Å². The summed E-state index contributed by atoms with van der Waals surface area (Å²) in [4.78, 5) is 4.31. The minimum Gasteiger partial charge on any atom is -0.373 e. The third-order valence-corrected chi connectivity index (χ3v) is 6.56. The van der Waals surface area contributed by atoms with Crippen LogP contribution in [0.25, 0.3) is 0 Å². The van der Waals surface area contributed by atoms with E-state index in [1.54, 1.807) is 11.4 Å². The van der Waals surface area contributed by atoms with E-state index in [4.69, 9.17) is 4.74 Å². The highest BCUT2D eigenvalue weighted by Crippen LogP contribution is 2.34. The van der Waals surface area contributed by atoms with Crippen molar-refractivity contribution in [2.24, 2.45) is 10.9 Å². The molecule has 0 spiro atoms. The second-order valence-electron chi connectivity index (χ2n) is 6.92. The maximum Gasteiger partial charge on any atom is 0.211 e.